The molecule has 0 saturated carbocycles. The lowest BCUT2D eigenvalue weighted by atomic mass is 10.1. The number of imidazole rings is 1. The number of rotatable bonds is 4. The zero-order valence-corrected chi connectivity index (χ0v) is 12.4. The fourth-order valence-electron chi connectivity index (χ4n) is 2.22. The quantitative estimate of drug-likeness (QED) is 0.922. The van der Waals surface area contributed by atoms with E-state index in [1.54, 1.807) is 35.4 Å². The van der Waals surface area contributed by atoms with Crippen molar-refractivity contribution < 1.29 is 4.79 Å². The first-order valence-electron chi connectivity index (χ1n) is 6.85. The molecule has 5 nitrogen and oxygen atoms in total. The van der Waals surface area contributed by atoms with Crippen LogP contribution in [-0.2, 0) is 14.1 Å². The van der Waals surface area contributed by atoms with E-state index in [4.69, 9.17) is 0 Å². The molecule has 1 heterocycles. The molecule has 5 heteroatoms. The Balaban J connectivity index is 2.26. The molecule has 20 heavy (non-hydrogen) atoms. The van der Waals surface area contributed by atoms with Crippen LogP contribution in [0.3, 0.4) is 0 Å². The number of hydrogen-bond acceptors (Lipinski definition) is 2. The molecule has 0 saturated heterocycles. The lowest BCUT2D eigenvalue weighted by Gasteiger charge is -2.07. The molecule has 1 amide bonds. The van der Waals surface area contributed by atoms with Crippen molar-refractivity contribution in [1.82, 2.24) is 14.5 Å². The highest BCUT2D eigenvalue weighted by Crippen LogP contribution is 2.14. The molecule has 0 bridgehead atoms. The van der Waals surface area contributed by atoms with Gasteiger partial charge in [0.25, 0.3) is 5.91 Å². The van der Waals surface area contributed by atoms with Gasteiger partial charge < -0.3 is 5.32 Å². The second kappa shape index (κ2) is 5.53. The number of carbonyl (C=O) groups is 1. The summed E-state index contributed by atoms with van der Waals surface area (Å²) in [5.74, 6) is 0.469. The van der Waals surface area contributed by atoms with Gasteiger partial charge in [0.2, 0.25) is 0 Å². The average molecular weight is 275 g/mol. The average Bonchev–Trinajstić information content (AvgIpc) is 2.63. The van der Waals surface area contributed by atoms with E-state index < -0.39 is 0 Å². The monoisotopic (exact) mass is 275 g/mol. The molecule has 1 aromatic heterocycles. The van der Waals surface area contributed by atoms with E-state index in [0.29, 0.717) is 18.0 Å². The van der Waals surface area contributed by atoms with Crippen molar-refractivity contribution in [2.75, 3.05) is 6.54 Å². The summed E-state index contributed by atoms with van der Waals surface area (Å²) in [6.45, 7) is 4.91. The summed E-state index contributed by atoms with van der Waals surface area (Å²) in [5, 5.41) is 2.90. The highest BCUT2D eigenvalue weighted by molar-refractivity contribution is 5.97. The maximum absolute atomic E-state index is 12.1. The molecular formula is C15H21N3O2. The summed E-state index contributed by atoms with van der Waals surface area (Å²) in [4.78, 5) is 23.9. The molecular weight excluding hydrogens is 254 g/mol. The van der Waals surface area contributed by atoms with E-state index in [1.807, 2.05) is 6.07 Å². The molecule has 1 N–H and O–H groups in total. The van der Waals surface area contributed by atoms with Gasteiger partial charge in [0.1, 0.15) is 0 Å². The third-order valence-corrected chi connectivity index (χ3v) is 3.54. The molecule has 0 aliphatic carbocycles. The number of nitrogens with zero attached hydrogens (tertiary/aromatic N) is 2. The molecule has 2 aromatic rings. The van der Waals surface area contributed by atoms with Crippen molar-refractivity contribution in [1.29, 1.82) is 0 Å². The van der Waals surface area contributed by atoms with E-state index in [9.17, 15) is 9.59 Å². The number of nitrogens with one attached hydrogen (secondary N) is 1. The zero-order valence-electron chi connectivity index (χ0n) is 12.4. The molecule has 0 unspecified atom stereocenters. The summed E-state index contributed by atoms with van der Waals surface area (Å²) in [6.07, 6.45) is 0.956. The van der Waals surface area contributed by atoms with Gasteiger partial charge in [-0.1, -0.05) is 13.8 Å². The Morgan fingerprint density at radius 2 is 1.85 bits per heavy atom. The number of fused-ring (bicyclic) bond motifs is 1. The van der Waals surface area contributed by atoms with Gasteiger partial charge in [-0.15, -0.1) is 0 Å². The second-order valence-corrected chi connectivity index (χ2v) is 5.54. The number of aryl methyl sites for hydroxylation is 2. The van der Waals surface area contributed by atoms with E-state index in [0.717, 1.165) is 17.5 Å². The Hall–Kier alpha value is -2.04. The van der Waals surface area contributed by atoms with Crippen molar-refractivity contribution in [3.63, 3.8) is 0 Å². The number of carbonyl (C=O) groups excluding carboxylic acids is 1. The second-order valence-electron chi connectivity index (χ2n) is 5.54. The van der Waals surface area contributed by atoms with Crippen LogP contribution in [-0.4, -0.2) is 21.6 Å². The third-order valence-electron chi connectivity index (χ3n) is 3.54. The van der Waals surface area contributed by atoms with Gasteiger partial charge in [-0.05, 0) is 30.5 Å². The van der Waals surface area contributed by atoms with E-state index in [1.165, 1.54) is 0 Å². The topological polar surface area (TPSA) is 56.0 Å². The third kappa shape index (κ3) is 2.61. The molecule has 0 atom stereocenters. The molecule has 108 valence electrons. The minimum absolute atomic E-state index is 0.0858. The highest BCUT2D eigenvalue weighted by atomic mass is 16.2. The minimum atomic E-state index is -0.0937. The zero-order chi connectivity index (χ0) is 14.9. The SMILES string of the molecule is CC(C)CCNC(=O)c1ccc2c(c1)n(C)c(=O)n2C. The lowest BCUT2D eigenvalue weighted by molar-refractivity contribution is 0.0952. The van der Waals surface area contributed by atoms with Crippen LogP contribution >= 0.6 is 0 Å². The maximum Gasteiger partial charge on any atom is 0.328 e. The van der Waals surface area contributed by atoms with Crippen LogP contribution in [0.5, 0.6) is 0 Å². The number of hydrogen-bond donors (Lipinski definition) is 1. The van der Waals surface area contributed by atoms with Crippen LogP contribution in [0, 0.1) is 5.92 Å². The van der Waals surface area contributed by atoms with Crippen LogP contribution in [0.2, 0.25) is 0 Å². The summed E-state index contributed by atoms with van der Waals surface area (Å²) in [5.41, 5.74) is 2.10. The van der Waals surface area contributed by atoms with Crippen molar-refractivity contribution in [2.45, 2.75) is 20.3 Å². The molecule has 2 rings (SSSR count). The first kappa shape index (κ1) is 14.4. The van der Waals surface area contributed by atoms with Crippen molar-refractivity contribution in [3.05, 3.63) is 34.2 Å². The van der Waals surface area contributed by atoms with Crippen LogP contribution in [0.15, 0.2) is 23.0 Å². The van der Waals surface area contributed by atoms with Gasteiger partial charge in [-0.2, -0.15) is 0 Å². The van der Waals surface area contributed by atoms with Gasteiger partial charge in [0, 0.05) is 26.2 Å². The number of aromatic nitrogens is 2. The van der Waals surface area contributed by atoms with Crippen LogP contribution in [0.1, 0.15) is 30.6 Å². The van der Waals surface area contributed by atoms with Crippen molar-refractivity contribution in [2.24, 2.45) is 20.0 Å². The predicted molar refractivity (Wildman–Crippen MR) is 79.9 cm³/mol. The Kier molecular flexibility index (Phi) is 3.97. The smallest absolute Gasteiger partial charge is 0.328 e. The first-order chi connectivity index (χ1) is 9.41. The van der Waals surface area contributed by atoms with Gasteiger partial charge in [-0.25, -0.2) is 4.79 Å². The Morgan fingerprint density at radius 1 is 1.20 bits per heavy atom. The van der Waals surface area contributed by atoms with Crippen molar-refractivity contribution >= 4 is 16.9 Å². The fourth-order valence-corrected chi connectivity index (χ4v) is 2.22. The lowest BCUT2D eigenvalue weighted by Crippen LogP contribution is -2.25. The summed E-state index contributed by atoms with van der Waals surface area (Å²) in [6, 6.07) is 5.34. The molecule has 0 fully saturated rings. The van der Waals surface area contributed by atoms with Crippen LogP contribution in [0.25, 0.3) is 11.0 Å². The summed E-state index contributed by atoms with van der Waals surface area (Å²) in [7, 11) is 3.44. The molecule has 0 radical (unpaired) electrons. The predicted octanol–water partition coefficient (Wildman–Crippen LogP) is 1.65. The van der Waals surface area contributed by atoms with Crippen LogP contribution in [0.4, 0.5) is 0 Å². The van der Waals surface area contributed by atoms with E-state index in [-0.39, 0.29) is 11.6 Å². The first-order valence-corrected chi connectivity index (χ1v) is 6.85. The fraction of sp³-hybridized carbons (Fsp3) is 0.467. The van der Waals surface area contributed by atoms with Gasteiger partial charge in [-0.3, -0.25) is 13.9 Å². The molecule has 1 aromatic carbocycles. The molecule has 0 spiro atoms. The summed E-state index contributed by atoms with van der Waals surface area (Å²) >= 11 is 0. The van der Waals surface area contributed by atoms with E-state index >= 15 is 0 Å². The molecule has 0 aliphatic rings. The van der Waals surface area contributed by atoms with Gasteiger partial charge in [0.05, 0.1) is 11.0 Å². The Morgan fingerprint density at radius 3 is 2.50 bits per heavy atom. The largest absolute Gasteiger partial charge is 0.352 e. The normalized spacial score (nSPS) is 11.2. The maximum atomic E-state index is 12.1. The van der Waals surface area contributed by atoms with E-state index in [2.05, 4.69) is 19.2 Å². The van der Waals surface area contributed by atoms with Gasteiger partial charge in [0.15, 0.2) is 0 Å². The number of benzene rings is 1. The van der Waals surface area contributed by atoms with Gasteiger partial charge >= 0.3 is 5.69 Å². The standard InChI is InChI=1S/C15H21N3O2/c1-10(2)7-8-16-14(19)11-5-6-12-13(9-11)18(4)15(20)17(12)3/h5-6,9-10H,7-8H2,1-4H3,(H,16,19). The number of amides is 1. The summed E-state index contributed by atoms with van der Waals surface area (Å²) < 4.78 is 3.13. The van der Waals surface area contributed by atoms with Crippen molar-refractivity contribution in [3.8, 4) is 0 Å². The highest BCUT2D eigenvalue weighted by Gasteiger charge is 2.11. The molecule has 0 aliphatic heterocycles. The minimum Gasteiger partial charge on any atom is -0.352 e. The Labute approximate surface area is 118 Å². The van der Waals surface area contributed by atoms with Crippen LogP contribution < -0.4 is 11.0 Å². The Bertz CT molecular complexity index is 695.